The summed E-state index contributed by atoms with van der Waals surface area (Å²) in [5.41, 5.74) is 0.681. The van der Waals surface area contributed by atoms with Crippen LogP contribution in [0.3, 0.4) is 0 Å². The fourth-order valence-electron chi connectivity index (χ4n) is 1.51. The number of halogens is 1. The molecule has 14 heavy (non-hydrogen) atoms. The van der Waals surface area contributed by atoms with Crippen molar-refractivity contribution in [3.05, 3.63) is 35.9 Å². The molecule has 1 heterocycles. The lowest BCUT2D eigenvalue weighted by atomic mass is 10.2. The highest BCUT2D eigenvalue weighted by Crippen LogP contribution is 2.16. The van der Waals surface area contributed by atoms with E-state index in [0.29, 0.717) is 12.1 Å². The molecule has 0 unspecified atom stereocenters. The van der Waals surface area contributed by atoms with Crippen LogP contribution in [0, 0.1) is 0 Å². The van der Waals surface area contributed by atoms with Gasteiger partial charge in [-0.25, -0.2) is 0 Å². The Labute approximate surface area is 88.0 Å². The van der Waals surface area contributed by atoms with Gasteiger partial charge in [-0.3, -0.25) is 9.80 Å². The minimum absolute atomic E-state index is 0.0295. The molecular formula is C10H11ClN2O. The summed E-state index contributed by atoms with van der Waals surface area (Å²) in [7, 11) is 0. The quantitative estimate of drug-likeness (QED) is 0.661. The molecule has 0 spiro atoms. The number of carbonyl (C=O) groups excluding carboxylic acids is 1. The Bertz CT molecular complexity index is 328. The normalized spacial score (nSPS) is 17.4. The molecular weight excluding hydrogens is 200 g/mol. The van der Waals surface area contributed by atoms with Crippen LogP contribution in [0.5, 0.6) is 0 Å². The summed E-state index contributed by atoms with van der Waals surface area (Å²) in [6, 6.07) is 9.18. The number of carbonyl (C=O) groups is 1. The van der Waals surface area contributed by atoms with Gasteiger partial charge in [-0.05, 0) is 30.3 Å². The average Bonchev–Trinajstić information content (AvgIpc) is 2.65. The lowest BCUT2D eigenvalue weighted by Crippen LogP contribution is -2.35. The smallest absolute Gasteiger partial charge is 0.268 e. The Hall–Kier alpha value is -1.06. The van der Waals surface area contributed by atoms with Gasteiger partial charge >= 0.3 is 0 Å². The molecule has 0 radical (unpaired) electrons. The molecule has 1 fully saturated rings. The highest BCUT2D eigenvalue weighted by atomic mass is 35.5. The van der Waals surface area contributed by atoms with Crippen LogP contribution in [0.2, 0.25) is 0 Å². The second-order valence-electron chi connectivity index (χ2n) is 3.21. The van der Waals surface area contributed by atoms with Gasteiger partial charge < -0.3 is 0 Å². The van der Waals surface area contributed by atoms with Crippen LogP contribution in [0.15, 0.2) is 30.3 Å². The Morgan fingerprint density at radius 3 is 2.50 bits per heavy atom. The van der Waals surface area contributed by atoms with Gasteiger partial charge in [0.2, 0.25) is 0 Å². The van der Waals surface area contributed by atoms with Gasteiger partial charge in [-0.1, -0.05) is 18.2 Å². The summed E-state index contributed by atoms with van der Waals surface area (Å²) in [5.74, 6) is -0.0295. The first-order valence-electron chi connectivity index (χ1n) is 4.59. The molecule has 0 aromatic heterocycles. The van der Waals surface area contributed by atoms with E-state index in [2.05, 4.69) is 0 Å². The summed E-state index contributed by atoms with van der Waals surface area (Å²) in [4.78, 5) is 11.9. The van der Waals surface area contributed by atoms with Crippen LogP contribution in [-0.4, -0.2) is 28.5 Å². The summed E-state index contributed by atoms with van der Waals surface area (Å²) < 4.78 is 1.45. The predicted molar refractivity (Wildman–Crippen MR) is 54.7 cm³/mol. The SMILES string of the molecule is O=C(c1ccccc1)N1CCCN1Cl. The van der Waals surface area contributed by atoms with Crippen molar-refractivity contribution in [1.82, 2.24) is 9.54 Å². The molecule has 74 valence electrons. The fraction of sp³-hybridized carbons (Fsp3) is 0.300. The molecule has 1 aliphatic rings. The van der Waals surface area contributed by atoms with E-state index in [4.69, 9.17) is 11.8 Å². The van der Waals surface area contributed by atoms with E-state index in [1.807, 2.05) is 18.2 Å². The molecule has 1 amide bonds. The zero-order chi connectivity index (χ0) is 9.97. The van der Waals surface area contributed by atoms with E-state index < -0.39 is 0 Å². The van der Waals surface area contributed by atoms with E-state index in [1.165, 1.54) is 4.53 Å². The number of rotatable bonds is 1. The molecule has 3 nitrogen and oxygen atoms in total. The first kappa shape index (κ1) is 9.49. The summed E-state index contributed by atoms with van der Waals surface area (Å²) in [6.07, 6.45) is 0.933. The van der Waals surface area contributed by atoms with Crippen molar-refractivity contribution < 1.29 is 4.79 Å². The molecule has 1 aliphatic heterocycles. The number of benzene rings is 1. The largest absolute Gasteiger partial charge is 0.269 e. The molecule has 0 N–H and O–H groups in total. The first-order chi connectivity index (χ1) is 6.79. The number of nitrogens with zero attached hydrogens (tertiary/aromatic N) is 2. The minimum atomic E-state index is -0.0295. The van der Waals surface area contributed by atoms with Crippen molar-refractivity contribution in [2.24, 2.45) is 0 Å². The third-order valence-electron chi connectivity index (χ3n) is 2.23. The third-order valence-corrected chi connectivity index (χ3v) is 2.58. The fourth-order valence-corrected chi connectivity index (χ4v) is 1.77. The minimum Gasteiger partial charge on any atom is -0.268 e. The third kappa shape index (κ3) is 1.74. The number of hydrogen-bond donors (Lipinski definition) is 0. The van der Waals surface area contributed by atoms with Gasteiger partial charge in [0.1, 0.15) is 0 Å². The maximum absolute atomic E-state index is 11.9. The second kappa shape index (κ2) is 3.98. The molecule has 0 aliphatic carbocycles. The van der Waals surface area contributed by atoms with Crippen LogP contribution in [0.1, 0.15) is 16.8 Å². The highest BCUT2D eigenvalue weighted by molar-refractivity contribution is 6.14. The zero-order valence-electron chi connectivity index (χ0n) is 7.69. The van der Waals surface area contributed by atoms with Crippen LogP contribution < -0.4 is 0 Å². The number of hydrogen-bond acceptors (Lipinski definition) is 2. The van der Waals surface area contributed by atoms with Crippen molar-refractivity contribution in [3.63, 3.8) is 0 Å². The van der Waals surface area contributed by atoms with E-state index >= 15 is 0 Å². The number of amides is 1. The standard InChI is InChI=1S/C10H11ClN2O/c11-13-8-4-7-12(13)10(14)9-5-2-1-3-6-9/h1-3,5-6H,4,7-8H2. The molecule has 0 atom stereocenters. The van der Waals surface area contributed by atoms with Gasteiger partial charge in [0.05, 0.1) is 0 Å². The van der Waals surface area contributed by atoms with Crippen molar-refractivity contribution in [2.75, 3.05) is 13.1 Å². The maximum Gasteiger partial charge on any atom is 0.269 e. The molecule has 4 heteroatoms. The average molecular weight is 211 g/mol. The van der Waals surface area contributed by atoms with Crippen molar-refractivity contribution >= 4 is 17.7 Å². The van der Waals surface area contributed by atoms with Gasteiger partial charge in [0.25, 0.3) is 5.91 Å². The molecule has 0 bridgehead atoms. The van der Waals surface area contributed by atoms with Crippen LogP contribution in [0.4, 0.5) is 0 Å². The number of hydrazine groups is 1. The molecule has 1 aromatic carbocycles. The van der Waals surface area contributed by atoms with E-state index in [0.717, 1.165) is 13.0 Å². The second-order valence-corrected chi connectivity index (χ2v) is 3.60. The van der Waals surface area contributed by atoms with E-state index in [9.17, 15) is 4.79 Å². The van der Waals surface area contributed by atoms with Crippen LogP contribution in [0.25, 0.3) is 0 Å². The molecule has 2 rings (SSSR count). The molecule has 0 saturated carbocycles. The summed E-state index contributed by atoms with van der Waals surface area (Å²) in [6.45, 7) is 1.44. The Balaban J connectivity index is 2.16. The van der Waals surface area contributed by atoms with Gasteiger partial charge in [-0.2, -0.15) is 0 Å². The maximum atomic E-state index is 11.9. The van der Waals surface area contributed by atoms with Crippen molar-refractivity contribution in [1.29, 1.82) is 0 Å². The van der Waals surface area contributed by atoms with Crippen molar-refractivity contribution in [3.8, 4) is 0 Å². The van der Waals surface area contributed by atoms with Gasteiger partial charge in [-0.15, -0.1) is 4.53 Å². The topological polar surface area (TPSA) is 23.6 Å². The van der Waals surface area contributed by atoms with E-state index in [-0.39, 0.29) is 5.91 Å². The zero-order valence-corrected chi connectivity index (χ0v) is 8.44. The van der Waals surface area contributed by atoms with Gasteiger partial charge in [0.15, 0.2) is 0 Å². The Morgan fingerprint density at radius 2 is 1.93 bits per heavy atom. The van der Waals surface area contributed by atoms with Crippen LogP contribution >= 0.6 is 11.8 Å². The molecule has 1 aromatic rings. The first-order valence-corrected chi connectivity index (χ1v) is 4.93. The summed E-state index contributed by atoms with van der Waals surface area (Å²) >= 11 is 5.86. The van der Waals surface area contributed by atoms with Crippen LogP contribution in [-0.2, 0) is 0 Å². The van der Waals surface area contributed by atoms with Gasteiger partial charge in [0, 0.05) is 18.7 Å². The lowest BCUT2D eigenvalue weighted by molar-refractivity contribution is 0.0539. The predicted octanol–water partition coefficient (Wildman–Crippen LogP) is 1.90. The lowest BCUT2D eigenvalue weighted by Gasteiger charge is -2.20. The molecule has 1 saturated heterocycles. The van der Waals surface area contributed by atoms with E-state index in [1.54, 1.807) is 17.1 Å². The Kier molecular flexibility index (Phi) is 2.70. The Morgan fingerprint density at radius 1 is 1.21 bits per heavy atom. The highest BCUT2D eigenvalue weighted by Gasteiger charge is 2.25. The monoisotopic (exact) mass is 210 g/mol. The summed E-state index contributed by atoms with van der Waals surface area (Å²) in [5, 5.41) is 1.57. The van der Waals surface area contributed by atoms with Crippen molar-refractivity contribution in [2.45, 2.75) is 6.42 Å².